The minimum absolute atomic E-state index is 0.282. The summed E-state index contributed by atoms with van der Waals surface area (Å²) in [5.41, 5.74) is 1.15. The van der Waals surface area contributed by atoms with Crippen LogP contribution >= 0.6 is 0 Å². The number of nitrogens with zero attached hydrogens (tertiary/aromatic N) is 1. The van der Waals surface area contributed by atoms with Gasteiger partial charge in [0.25, 0.3) is 5.56 Å². The van der Waals surface area contributed by atoms with Gasteiger partial charge in [-0.1, -0.05) is 18.6 Å². The predicted molar refractivity (Wildman–Crippen MR) is 60.1 cm³/mol. The number of hydrogen-bond donors (Lipinski definition) is 1. The Hall–Kier alpha value is -1.58. The summed E-state index contributed by atoms with van der Waals surface area (Å²) in [6.07, 6.45) is 4.20. The van der Waals surface area contributed by atoms with Gasteiger partial charge in [-0.25, -0.2) is 4.79 Å². The van der Waals surface area contributed by atoms with Crippen molar-refractivity contribution < 1.29 is 0 Å². The summed E-state index contributed by atoms with van der Waals surface area (Å²) >= 11 is 0. The van der Waals surface area contributed by atoms with Gasteiger partial charge in [-0.05, 0) is 20.3 Å². The SMILES string of the molecule is CCc1cn(CC=C(C)C)c(=O)[nH]c1=O. The van der Waals surface area contributed by atoms with Crippen molar-refractivity contribution in [1.29, 1.82) is 0 Å². The molecule has 0 amide bonds. The lowest BCUT2D eigenvalue weighted by Gasteiger charge is -2.03. The molecule has 0 fully saturated rings. The standard InChI is InChI=1S/C11H16N2O2/c1-4-9-7-13(6-5-8(2)3)11(15)12-10(9)14/h5,7H,4,6H2,1-3H3,(H,12,14,15). The highest BCUT2D eigenvalue weighted by atomic mass is 16.2. The average molecular weight is 208 g/mol. The van der Waals surface area contributed by atoms with Crippen LogP contribution in [0.4, 0.5) is 0 Å². The molecule has 0 saturated carbocycles. The first kappa shape index (κ1) is 11.5. The Morgan fingerprint density at radius 2 is 2.13 bits per heavy atom. The molecule has 1 N–H and O–H groups in total. The lowest BCUT2D eigenvalue weighted by Crippen LogP contribution is -2.31. The second-order valence-electron chi connectivity index (χ2n) is 3.70. The zero-order valence-electron chi connectivity index (χ0n) is 9.33. The molecule has 0 saturated heterocycles. The van der Waals surface area contributed by atoms with Crippen molar-refractivity contribution in [2.24, 2.45) is 0 Å². The van der Waals surface area contributed by atoms with Crippen LogP contribution in [0.15, 0.2) is 27.4 Å². The number of aryl methyl sites for hydroxylation is 1. The van der Waals surface area contributed by atoms with Crippen molar-refractivity contribution >= 4 is 0 Å². The minimum Gasteiger partial charge on any atom is -0.296 e. The van der Waals surface area contributed by atoms with Crippen molar-refractivity contribution in [1.82, 2.24) is 9.55 Å². The van der Waals surface area contributed by atoms with Crippen LogP contribution in [0.3, 0.4) is 0 Å². The smallest absolute Gasteiger partial charge is 0.296 e. The van der Waals surface area contributed by atoms with Crippen LogP contribution in [0.1, 0.15) is 26.3 Å². The van der Waals surface area contributed by atoms with Gasteiger partial charge in [0.05, 0.1) is 0 Å². The fourth-order valence-corrected chi connectivity index (χ4v) is 1.22. The van der Waals surface area contributed by atoms with Crippen LogP contribution < -0.4 is 11.2 Å². The van der Waals surface area contributed by atoms with E-state index in [2.05, 4.69) is 4.98 Å². The Kier molecular flexibility index (Phi) is 3.66. The molecule has 1 aromatic rings. The van der Waals surface area contributed by atoms with Gasteiger partial charge in [0.2, 0.25) is 0 Å². The Labute approximate surface area is 88.3 Å². The number of aromatic nitrogens is 2. The number of aromatic amines is 1. The second kappa shape index (κ2) is 4.77. The molecule has 0 aliphatic carbocycles. The lowest BCUT2D eigenvalue weighted by molar-refractivity contribution is 0.718. The Bertz CT molecular complexity index is 476. The first-order valence-corrected chi connectivity index (χ1v) is 5.00. The van der Waals surface area contributed by atoms with Crippen molar-refractivity contribution in [3.8, 4) is 0 Å². The molecule has 0 unspecified atom stereocenters. The molecule has 0 radical (unpaired) electrons. The van der Waals surface area contributed by atoms with E-state index >= 15 is 0 Å². The highest BCUT2D eigenvalue weighted by Gasteiger charge is 2.01. The van der Waals surface area contributed by atoms with Crippen molar-refractivity contribution in [3.05, 3.63) is 44.2 Å². The topological polar surface area (TPSA) is 54.9 Å². The number of H-pyrrole nitrogens is 1. The number of nitrogens with one attached hydrogen (secondary N) is 1. The van der Waals surface area contributed by atoms with E-state index in [0.717, 1.165) is 5.57 Å². The molecule has 1 heterocycles. The summed E-state index contributed by atoms with van der Waals surface area (Å²) in [6.45, 7) is 6.33. The summed E-state index contributed by atoms with van der Waals surface area (Å²) in [5.74, 6) is 0. The van der Waals surface area contributed by atoms with Crippen LogP contribution in [0, 0.1) is 0 Å². The van der Waals surface area contributed by atoms with Gasteiger partial charge in [0.1, 0.15) is 0 Å². The fourth-order valence-electron chi connectivity index (χ4n) is 1.22. The summed E-state index contributed by atoms with van der Waals surface area (Å²) in [6, 6.07) is 0. The van der Waals surface area contributed by atoms with Crippen LogP contribution in [-0.4, -0.2) is 9.55 Å². The molecule has 1 aromatic heterocycles. The van der Waals surface area contributed by atoms with Crippen LogP contribution in [0.5, 0.6) is 0 Å². The molecular weight excluding hydrogens is 192 g/mol. The van der Waals surface area contributed by atoms with E-state index in [4.69, 9.17) is 0 Å². The van der Waals surface area contributed by atoms with E-state index in [9.17, 15) is 9.59 Å². The van der Waals surface area contributed by atoms with E-state index in [1.54, 1.807) is 6.20 Å². The van der Waals surface area contributed by atoms with Gasteiger partial charge >= 0.3 is 5.69 Å². The number of allylic oxidation sites excluding steroid dienone is 2. The zero-order chi connectivity index (χ0) is 11.4. The largest absolute Gasteiger partial charge is 0.328 e. The van der Waals surface area contributed by atoms with E-state index in [1.165, 1.54) is 4.57 Å². The monoisotopic (exact) mass is 208 g/mol. The first-order chi connectivity index (χ1) is 7.04. The van der Waals surface area contributed by atoms with Gasteiger partial charge < -0.3 is 0 Å². The molecule has 0 bridgehead atoms. The highest BCUT2D eigenvalue weighted by Crippen LogP contribution is 1.93. The summed E-state index contributed by atoms with van der Waals surface area (Å²) < 4.78 is 1.51. The van der Waals surface area contributed by atoms with Crippen LogP contribution in [-0.2, 0) is 13.0 Å². The maximum Gasteiger partial charge on any atom is 0.328 e. The molecule has 0 spiro atoms. The number of hydrogen-bond acceptors (Lipinski definition) is 2. The summed E-state index contributed by atoms with van der Waals surface area (Å²) in [4.78, 5) is 25.0. The second-order valence-corrected chi connectivity index (χ2v) is 3.70. The Balaban J connectivity index is 3.14. The van der Waals surface area contributed by atoms with E-state index < -0.39 is 0 Å². The average Bonchev–Trinajstić information content (AvgIpc) is 2.16. The van der Waals surface area contributed by atoms with Crippen molar-refractivity contribution in [2.75, 3.05) is 0 Å². The van der Waals surface area contributed by atoms with Crippen molar-refractivity contribution in [3.63, 3.8) is 0 Å². The van der Waals surface area contributed by atoms with Crippen molar-refractivity contribution in [2.45, 2.75) is 33.7 Å². The van der Waals surface area contributed by atoms with E-state index in [-0.39, 0.29) is 11.2 Å². The normalized spacial score (nSPS) is 10.1. The van der Waals surface area contributed by atoms with E-state index in [1.807, 2.05) is 26.8 Å². The molecule has 82 valence electrons. The minimum atomic E-state index is -0.352. The first-order valence-electron chi connectivity index (χ1n) is 5.00. The maximum absolute atomic E-state index is 11.4. The summed E-state index contributed by atoms with van der Waals surface area (Å²) in [5, 5.41) is 0. The molecule has 0 atom stereocenters. The molecule has 4 heteroatoms. The molecule has 0 aromatic carbocycles. The molecule has 15 heavy (non-hydrogen) atoms. The Morgan fingerprint density at radius 1 is 1.47 bits per heavy atom. The predicted octanol–water partition coefficient (Wildman–Crippen LogP) is 1.07. The molecule has 1 rings (SSSR count). The fraction of sp³-hybridized carbons (Fsp3) is 0.455. The van der Waals surface area contributed by atoms with Crippen LogP contribution in [0.25, 0.3) is 0 Å². The molecular formula is C11H16N2O2. The third-order valence-electron chi connectivity index (χ3n) is 2.16. The molecule has 4 nitrogen and oxygen atoms in total. The van der Waals surface area contributed by atoms with Gasteiger partial charge in [0, 0.05) is 18.3 Å². The highest BCUT2D eigenvalue weighted by molar-refractivity contribution is 5.05. The lowest BCUT2D eigenvalue weighted by atomic mass is 10.2. The third-order valence-corrected chi connectivity index (χ3v) is 2.16. The van der Waals surface area contributed by atoms with Gasteiger partial charge in [0.15, 0.2) is 0 Å². The third kappa shape index (κ3) is 2.94. The van der Waals surface area contributed by atoms with Gasteiger partial charge in [-0.15, -0.1) is 0 Å². The summed E-state index contributed by atoms with van der Waals surface area (Å²) in [7, 11) is 0. The Morgan fingerprint density at radius 3 is 2.67 bits per heavy atom. The van der Waals surface area contributed by atoms with Crippen LogP contribution in [0.2, 0.25) is 0 Å². The van der Waals surface area contributed by atoms with Gasteiger partial charge in [-0.3, -0.25) is 14.3 Å². The number of rotatable bonds is 3. The zero-order valence-corrected chi connectivity index (χ0v) is 9.33. The maximum atomic E-state index is 11.4. The molecule has 0 aliphatic rings. The molecule has 0 aliphatic heterocycles. The van der Waals surface area contributed by atoms with E-state index in [0.29, 0.717) is 18.5 Å². The quantitative estimate of drug-likeness (QED) is 0.755. The van der Waals surface area contributed by atoms with Gasteiger partial charge in [-0.2, -0.15) is 0 Å².